The minimum atomic E-state index is 0.755. The van der Waals surface area contributed by atoms with Gasteiger partial charge >= 0.3 is 6.07 Å². The van der Waals surface area contributed by atoms with Gasteiger partial charge in [0.05, 0.1) is 0 Å². The third kappa shape index (κ3) is 1.82. The number of nitrogens with zero attached hydrogens (tertiary/aromatic N) is 2. The van der Waals surface area contributed by atoms with Crippen LogP contribution in [0.5, 0.6) is 0 Å². The van der Waals surface area contributed by atoms with Crippen molar-refractivity contribution in [2.75, 3.05) is 7.05 Å². The lowest BCUT2D eigenvalue weighted by Crippen LogP contribution is -1.78. The third-order valence-corrected chi connectivity index (χ3v) is 1.42. The maximum atomic E-state index is 4.02. The fourth-order valence-corrected chi connectivity index (χ4v) is 0.791. The van der Waals surface area contributed by atoms with Crippen LogP contribution in [0.25, 0.3) is 4.85 Å². The summed E-state index contributed by atoms with van der Waals surface area (Å²) in [5.74, 6) is 0. The Labute approximate surface area is 67.9 Å². The van der Waals surface area contributed by atoms with Gasteiger partial charge in [-0.05, 0) is 28.1 Å². The highest BCUT2D eigenvalue weighted by atomic mass is 79.9. The van der Waals surface area contributed by atoms with Crippen LogP contribution in [-0.4, -0.2) is 12.0 Å². The van der Waals surface area contributed by atoms with Gasteiger partial charge in [-0.25, -0.2) is 4.98 Å². The predicted octanol–water partition coefficient (Wildman–Crippen LogP) is 2.15. The minimum absolute atomic E-state index is 0.755. The number of halogens is 1. The summed E-state index contributed by atoms with van der Waals surface area (Å²) in [4.78, 5) is 7.72. The highest BCUT2D eigenvalue weighted by Gasteiger charge is 1.93. The highest BCUT2D eigenvalue weighted by molar-refractivity contribution is 9.10. The molecule has 0 unspecified atom stereocenters. The second-order valence-electron chi connectivity index (χ2n) is 1.70. The van der Waals surface area contributed by atoms with E-state index < -0.39 is 0 Å². The number of hydrogen-bond donors (Lipinski definition) is 0. The SMILES string of the molecule is C[N+]#Cc1ccc(Br)cn1. The molecule has 1 aromatic rings. The van der Waals surface area contributed by atoms with Gasteiger partial charge in [0.15, 0.2) is 5.69 Å². The quantitative estimate of drug-likeness (QED) is 0.624. The second kappa shape index (κ2) is 3.33. The Morgan fingerprint density at radius 3 is 2.90 bits per heavy atom. The monoisotopic (exact) mass is 197 g/mol. The van der Waals surface area contributed by atoms with E-state index in [1.807, 2.05) is 12.1 Å². The van der Waals surface area contributed by atoms with Gasteiger partial charge in [-0.1, -0.05) is 4.85 Å². The van der Waals surface area contributed by atoms with Crippen LogP contribution in [0.2, 0.25) is 0 Å². The van der Waals surface area contributed by atoms with E-state index >= 15 is 0 Å². The maximum Gasteiger partial charge on any atom is 0.330 e. The molecular weight excluding hydrogens is 192 g/mol. The van der Waals surface area contributed by atoms with Crippen LogP contribution in [-0.2, 0) is 0 Å². The molecule has 50 valence electrons. The first-order valence-corrected chi connectivity index (χ1v) is 3.58. The van der Waals surface area contributed by atoms with E-state index in [-0.39, 0.29) is 0 Å². The molecule has 0 saturated carbocycles. The van der Waals surface area contributed by atoms with Crippen molar-refractivity contribution in [3.8, 4) is 6.07 Å². The zero-order valence-electron chi connectivity index (χ0n) is 5.50. The lowest BCUT2D eigenvalue weighted by molar-refractivity contribution is 1.27. The summed E-state index contributed by atoms with van der Waals surface area (Å²) in [7, 11) is 1.67. The molecule has 0 bridgehead atoms. The van der Waals surface area contributed by atoms with Crippen molar-refractivity contribution in [3.05, 3.63) is 33.3 Å². The Hall–Kier alpha value is -0.880. The molecule has 0 saturated heterocycles. The van der Waals surface area contributed by atoms with Crippen molar-refractivity contribution in [2.24, 2.45) is 0 Å². The lowest BCUT2D eigenvalue weighted by Gasteiger charge is -1.84. The summed E-state index contributed by atoms with van der Waals surface area (Å²) in [6.45, 7) is 0. The van der Waals surface area contributed by atoms with Gasteiger partial charge < -0.3 is 0 Å². The molecule has 2 nitrogen and oxygen atoms in total. The van der Waals surface area contributed by atoms with E-state index in [2.05, 4.69) is 31.8 Å². The normalized spacial score (nSPS) is 8.20. The third-order valence-electron chi connectivity index (χ3n) is 0.954. The van der Waals surface area contributed by atoms with E-state index in [1.54, 1.807) is 13.2 Å². The van der Waals surface area contributed by atoms with E-state index in [1.165, 1.54) is 0 Å². The topological polar surface area (TPSA) is 17.2 Å². The Morgan fingerprint density at radius 1 is 1.60 bits per heavy atom. The molecule has 1 heterocycles. The Bertz CT molecular complexity index is 268. The van der Waals surface area contributed by atoms with Crippen molar-refractivity contribution >= 4 is 15.9 Å². The van der Waals surface area contributed by atoms with Gasteiger partial charge in [0, 0.05) is 10.7 Å². The molecule has 0 amide bonds. The van der Waals surface area contributed by atoms with E-state index in [0.29, 0.717) is 0 Å². The molecule has 0 aliphatic rings. The Balaban J connectivity index is 2.97. The summed E-state index contributed by atoms with van der Waals surface area (Å²) in [5.41, 5.74) is 0.755. The predicted molar refractivity (Wildman–Crippen MR) is 44.2 cm³/mol. The van der Waals surface area contributed by atoms with Gasteiger partial charge in [0.25, 0.3) is 7.05 Å². The fraction of sp³-hybridized carbons (Fsp3) is 0.143. The van der Waals surface area contributed by atoms with Crippen LogP contribution >= 0.6 is 15.9 Å². The van der Waals surface area contributed by atoms with Crippen LogP contribution in [0.15, 0.2) is 22.8 Å². The summed E-state index contributed by atoms with van der Waals surface area (Å²) in [6, 6.07) is 6.48. The first kappa shape index (κ1) is 7.23. The van der Waals surface area contributed by atoms with Gasteiger partial charge in [0.2, 0.25) is 0 Å². The van der Waals surface area contributed by atoms with E-state index in [4.69, 9.17) is 0 Å². The zero-order valence-corrected chi connectivity index (χ0v) is 7.09. The largest absolute Gasteiger partial charge is 0.330 e. The molecule has 0 N–H and O–H groups in total. The van der Waals surface area contributed by atoms with Gasteiger partial charge in [-0.3, -0.25) is 0 Å². The van der Waals surface area contributed by atoms with Gasteiger partial charge in [-0.2, -0.15) is 0 Å². The molecule has 0 aliphatic carbocycles. The molecule has 0 atom stereocenters. The van der Waals surface area contributed by atoms with Crippen molar-refractivity contribution < 1.29 is 0 Å². The second-order valence-corrected chi connectivity index (χ2v) is 2.61. The molecular formula is C7H6BrN2+. The summed E-state index contributed by atoms with van der Waals surface area (Å²) < 4.78 is 0.967. The van der Waals surface area contributed by atoms with Crippen LogP contribution in [0.4, 0.5) is 0 Å². The minimum Gasteiger partial charge on any atom is -0.240 e. The number of hydrogen-bond acceptors (Lipinski definition) is 1. The van der Waals surface area contributed by atoms with Crippen LogP contribution < -0.4 is 0 Å². The lowest BCUT2D eigenvalue weighted by atomic mass is 10.4. The van der Waals surface area contributed by atoms with Crippen LogP contribution in [0.1, 0.15) is 5.69 Å². The molecule has 0 aromatic carbocycles. The fourth-order valence-electron chi connectivity index (χ4n) is 0.557. The molecule has 3 heteroatoms. The van der Waals surface area contributed by atoms with Crippen LogP contribution in [0.3, 0.4) is 0 Å². The summed E-state index contributed by atoms with van der Waals surface area (Å²) in [6.07, 6.45) is 1.72. The molecule has 1 aromatic heterocycles. The Morgan fingerprint density at radius 2 is 2.40 bits per heavy atom. The number of aromatic nitrogens is 1. The van der Waals surface area contributed by atoms with Gasteiger partial charge in [-0.15, -0.1) is 0 Å². The molecule has 10 heavy (non-hydrogen) atoms. The van der Waals surface area contributed by atoms with Crippen molar-refractivity contribution in [2.45, 2.75) is 0 Å². The molecule has 1 rings (SSSR count). The molecule has 0 aliphatic heterocycles. The first-order valence-electron chi connectivity index (χ1n) is 2.79. The smallest absolute Gasteiger partial charge is 0.240 e. The van der Waals surface area contributed by atoms with Crippen molar-refractivity contribution in [3.63, 3.8) is 0 Å². The van der Waals surface area contributed by atoms with Gasteiger partial charge in [0.1, 0.15) is 0 Å². The standard InChI is InChI=1S/C7H6BrN2/c1-9-5-7-3-2-6(8)4-10-7/h2-4H,1H3/q+1. The van der Waals surface area contributed by atoms with Crippen molar-refractivity contribution in [1.29, 1.82) is 0 Å². The Kier molecular flexibility index (Phi) is 2.41. The first-order chi connectivity index (χ1) is 4.83. The average molecular weight is 198 g/mol. The number of rotatable bonds is 0. The van der Waals surface area contributed by atoms with Crippen LogP contribution in [0, 0.1) is 6.07 Å². The highest BCUT2D eigenvalue weighted by Crippen LogP contribution is 2.06. The van der Waals surface area contributed by atoms with E-state index in [9.17, 15) is 0 Å². The molecule has 0 spiro atoms. The van der Waals surface area contributed by atoms with Crippen molar-refractivity contribution in [1.82, 2.24) is 4.98 Å². The van der Waals surface area contributed by atoms with E-state index in [0.717, 1.165) is 10.2 Å². The summed E-state index contributed by atoms with van der Waals surface area (Å²) in [5, 5.41) is 0. The maximum absolute atomic E-state index is 4.02. The molecule has 0 fully saturated rings. The summed E-state index contributed by atoms with van der Waals surface area (Å²) >= 11 is 3.28. The average Bonchev–Trinajstić information content (AvgIpc) is 1.95. The molecule has 0 radical (unpaired) electrons. The number of pyridine rings is 1. The zero-order chi connectivity index (χ0) is 7.40.